The number of pyridine rings is 1. The number of hydrogen-bond acceptors (Lipinski definition) is 3. The standard InChI is InChI=1S/C19H17N3/c1-15-12-13-18(14-20-15)21-22-19(16-8-4-2-5-9-16)17-10-6-3-7-11-17/h2-14,19H,1H3. The monoisotopic (exact) mass is 287 g/mol. The van der Waals surface area contributed by atoms with Gasteiger partial charge < -0.3 is 0 Å². The zero-order valence-electron chi connectivity index (χ0n) is 12.4. The van der Waals surface area contributed by atoms with E-state index in [9.17, 15) is 0 Å². The van der Waals surface area contributed by atoms with E-state index in [4.69, 9.17) is 0 Å². The molecule has 0 aliphatic carbocycles. The zero-order valence-corrected chi connectivity index (χ0v) is 12.4. The minimum atomic E-state index is -0.108. The summed E-state index contributed by atoms with van der Waals surface area (Å²) >= 11 is 0. The molecule has 0 aliphatic rings. The van der Waals surface area contributed by atoms with Crippen molar-refractivity contribution in [2.45, 2.75) is 13.0 Å². The fraction of sp³-hybridized carbons (Fsp3) is 0.105. The first-order valence-electron chi connectivity index (χ1n) is 7.26. The van der Waals surface area contributed by atoms with Crippen molar-refractivity contribution in [1.29, 1.82) is 0 Å². The van der Waals surface area contributed by atoms with Gasteiger partial charge in [0.1, 0.15) is 11.7 Å². The van der Waals surface area contributed by atoms with Crippen molar-refractivity contribution in [3.05, 3.63) is 95.8 Å². The fourth-order valence-corrected chi connectivity index (χ4v) is 2.24. The molecular formula is C19H17N3. The largest absolute Gasteiger partial charge is 0.259 e. The Hall–Kier alpha value is -2.81. The van der Waals surface area contributed by atoms with E-state index in [-0.39, 0.29) is 6.04 Å². The third-order valence-corrected chi connectivity index (χ3v) is 3.42. The van der Waals surface area contributed by atoms with E-state index in [1.54, 1.807) is 6.20 Å². The molecule has 0 amide bonds. The molecule has 2 aromatic carbocycles. The summed E-state index contributed by atoms with van der Waals surface area (Å²) in [6.45, 7) is 1.96. The lowest BCUT2D eigenvalue weighted by Gasteiger charge is -2.12. The number of hydrogen-bond donors (Lipinski definition) is 0. The molecule has 0 atom stereocenters. The Kier molecular flexibility index (Phi) is 4.35. The first-order valence-corrected chi connectivity index (χ1v) is 7.26. The average molecular weight is 287 g/mol. The third-order valence-electron chi connectivity index (χ3n) is 3.42. The SMILES string of the molecule is Cc1ccc(N=NC(c2ccccc2)c2ccccc2)cn1. The van der Waals surface area contributed by atoms with Crippen LogP contribution in [0, 0.1) is 6.92 Å². The van der Waals surface area contributed by atoms with Crippen molar-refractivity contribution < 1.29 is 0 Å². The van der Waals surface area contributed by atoms with Crippen LogP contribution in [0.3, 0.4) is 0 Å². The molecule has 0 spiro atoms. The van der Waals surface area contributed by atoms with Crippen molar-refractivity contribution in [2.24, 2.45) is 10.2 Å². The van der Waals surface area contributed by atoms with Crippen molar-refractivity contribution in [3.8, 4) is 0 Å². The van der Waals surface area contributed by atoms with Crippen LogP contribution in [0.2, 0.25) is 0 Å². The Labute approximate surface area is 130 Å². The highest BCUT2D eigenvalue weighted by molar-refractivity contribution is 5.35. The van der Waals surface area contributed by atoms with Gasteiger partial charge in [0.25, 0.3) is 0 Å². The van der Waals surface area contributed by atoms with Crippen LogP contribution < -0.4 is 0 Å². The van der Waals surface area contributed by atoms with Gasteiger partial charge >= 0.3 is 0 Å². The van der Waals surface area contributed by atoms with Gasteiger partial charge in [0.15, 0.2) is 0 Å². The first kappa shape index (κ1) is 14.1. The molecular weight excluding hydrogens is 270 g/mol. The molecule has 22 heavy (non-hydrogen) atoms. The summed E-state index contributed by atoms with van der Waals surface area (Å²) in [6, 6.07) is 24.2. The maximum Gasteiger partial charge on any atom is 0.121 e. The number of rotatable bonds is 4. The first-order chi connectivity index (χ1) is 10.8. The van der Waals surface area contributed by atoms with Gasteiger partial charge in [-0.1, -0.05) is 60.7 Å². The Morgan fingerprint density at radius 2 is 1.36 bits per heavy atom. The van der Waals surface area contributed by atoms with Gasteiger partial charge in [-0.3, -0.25) is 4.98 Å². The summed E-state index contributed by atoms with van der Waals surface area (Å²) < 4.78 is 0. The van der Waals surface area contributed by atoms with Crippen molar-refractivity contribution in [3.63, 3.8) is 0 Å². The van der Waals surface area contributed by atoms with Crippen LogP contribution in [0.15, 0.2) is 89.2 Å². The molecule has 3 nitrogen and oxygen atoms in total. The second kappa shape index (κ2) is 6.76. The van der Waals surface area contributed by atoms with Crippen LogP contribution in [0.4, 0.5) is 5.69 Å². The average Bonchev–Trinajstić information content (AvgIpc) is 2.59. The van der Waals surface area contributed by atoms with Gasteiger partial charge in [-0.25, -0.2) is 0 Å². The molecule has 3 heteroatoms. The van der Waals surface area contributed by atoms with Crippen LogP contribution in [-0.2, 0) is 0 Å². The lowest BCUT2D eigenvalue weighted by Crippen LogP contribution is -1.96. The highest BCUT2D eigenvalue weighted by atomic mass is 15.1. The third kappa shape index (κ3) is 3.44. The molecule has 108 valence electrons. The van der Waals surface area contributed by atoms with Gasteiger partial charge in [0, 0.05) is 5.69 Å². The molecule has 0 saturated carbocycles. The van der Waals surface area contributed by atoms with Gasteiger partial charge in [-0.2, -0.15) is 10.2 Å². The zero-order chi connectivity index (χ0) is 15.2. The molecule has 0 aliphatic heterocycles. The molecule has 3 rings (SSSR count). The van der Waals surface area contributed by atoms with E-state index in [0.717, 1.165) is 22.5 Å². The predicted molar refractivity (Wildman–Crippen MR) is 88.2 cm³/mol. The number of aromatic nitrogens is 1. The summed E-state index contributed by atoms with van der Waals surface area (Å²) in [5, 5.41) is 8.91. The van der Waals surface area contributed by atoms with E-state index in [1.165, 1.54) is 0 Å². The topological polar surface area (TPSA) is 37.6 Å². The highest BCUT2D eigenvalue weighted by Gasteiger charge is 2.12. The minimum Gasteiger partial charge on any atom is -0.259 e. The number of benzene rings is 2. The predicted octanol–water partition coefficient (Wildman–Crippen LogP) is 5.26. The Morgan fingerprint density at radius 3 is 1.86 bits per heavy atom. The van der Waals surface area contributed by atoms with Gasteiger partial charge in [-0.15, -0.1) is 0 Å². The van der Waals surface area contributed by atoms with E-state index in [2.05, 4.69) is 39.5 Å². The molecule has 0 radical (unpaired) electrons. The molecule has 0 saturated heterocycles. The number of nitrogens with zero attached hydrogens (tertiary/aromatic N) is 3. The summed E-state index contributed by atoms with van der Waals surface area (Å²) in [5.41, 5.74) is 3.99. The smallest absolute Gasteiger partial charge is 0.121 e. The highest BCUT2D eigenvalue weighted by Crippen LogP contribution is 2.27. The second-order valence-corrected chi connectivity index (χ2v) is 5.10. The quantitative estimate of drug-likeness (QED) is 0.603. The Bertz CT molecular complexity index is 695. The molecule has 1 heterocycles. The van der Waals surface area contributed by atoms with Crippen LogP contribution in [0.25, 0.3) is 0 Å². The lowest BCUT2D eigenvalue weighted by atomic mass is 10.00. The van der Waals surface area contributed by atoms with E-state index >= 15 is 0 Å². The normalized spacial score (nSPS) is 11.2. The molecule has 0 bridgehead atoms. The minimum absolute atomic E-state index is 0.108. The van der Waals surface area contributed by atoms with Crippen molar-refractivity contribution >= 4 is 5.69 Å². The lowest BCUT2D eigenvalue weighted by molar-refractivity contribution is 0.808. The molecule has 0 fully saturated rings. The molecule has 0 N–H and O–H groups in total. The Balaban J connectivity index is 1.94. The van der Waals surface area contributed by atoms with E-state index < -0.39 is 0 Å². The maximum atomic E-state index is 4.55. The van der Waals surface area contributed by atoms with Crippen molar-refractivity contribution in [1.82, 2.24) is 4.98 Å². The fourth-order valence-electron chi connectivity index (χ4n) is 2.24. The van der Waals surface area contributed by atoms with Crippen LogP contribution in [0.5, 0.6) is 0 Å². The summed E-state index contributed by atoms with van der Waals surface area (Å²) in [5.74, 6) is 0. The van der Waals surface area contributed by atoms with E-state index in [1.807, 2.05) is 55.5 Å². The molecule has 0 unspecified atom stereocenters. The summed E-state index contributed by atoms with van der Waals surface area (Å²) in [4.78, 5) is 4.25. The Morgan fingerprint density at radius 1 is 0.773 bits per heavy atom. The second-order valence-electron chi connectivity index (χ2n) is 5.10. The van der Waals surface area contributed by atoms with Crippen LogP contribution in [0.1, 0.15) is 22.9 Å². The van der Waals surface area contributed by atoms with Crippen LogP contribution >= 0.6 is 0 Å². The van der Waals surface area contributed by atoms with Crippen LogP contribution in [-0.4, -0.2) is 4.98 Å². The molecule has 3 aromatic rings. The van der Waals surface area contributed by atoms with Gasteiger partial charge in [-0.05, 0) is 30.2 Å². The maximum absolute atomic E-state index is 4.55. The summed E-state index contributed by atoms with van der Waals surface area (Å²) in [7, 11) is 0. The van der Waals surface area contributed by atoms with E-state index in [0.29, 0.717) is 0 Å². The van der Waals surface area contributed by atoms with Gasteiger partial charge in [0.2, 0.25) is 0 Å². The van der Waals surface area contributed by atoms with Crippen molar-refractivity contribution in [2.75, 3.05) is 0 Å². The molecule has 1 aromatic heterocycles. The number of azo groups is 1. The number of aryl methyl sites for hydroxylation is 1. The van der Waals surface area contributed by atoms with Gasteiger partial charge in [0.05, 0.1) is 6.20 Å². The summed E-state index contributed by atoms with van der Waals surface area (Å²) in [6.07, 6.45) is 1.74.